The van der Waals surface area contributed by atoms with Gasteiger partial charge in [0.05, 0.1) is 18.7 Å². The van der Waals surface area contributed by atoms with Gasteiger partial charge in [0.2, 0.25) is 11.8 Å². The highest BCUT2D eigenvalue weighted by Crippen LogP contribution is 2.32. The fraction of sp³-hybridized carbons (Fsp3) is 0.278. The molecule has 4 heterocycles. The van der Waals surface area contributed by atoms with Crippen LogP contribution in [0.4, 0.5) is 0 Å². The van der Waals surface area contributed by atoms with Crippen LogP contribution in [-0.2, 0) is 0 Å². The molecule has 0 spiro atoms. The fourth-order valence-corrected chi connectivity index (χ4v) is 2.62. The van der Waals surface area contributed by atoms with E-state index in [4.69, 9.17) is 13.9 Å². The summed E-state index contributed by atoms with van der Waals surface area (Å²) in [5.41, 5.74) is 2.13. The van der Waals surface area contributed by atoms with E-state index in [2.05, 4.69) is 20.4 Å². The van der Waals surface area contributed by atoms with Gasteiger partial charge in [-0.1, -0.05) is 0 Å². The van der Waals surface area contributed by atoms with Crippen molar-refractivity contribution in [2.24, 2.45) is 0 Å². The number of methoxy groups -OCH3 is 1. The number of pyridine rings is 1. The molecular weight excluding hydrogens is 334 g/mol. The summed E-state index contributed by atoms with van der Waals surface area (Å²) in [6, 6.07) is 7.57. The molecule has 0 aliphatic carbocycles. The van der Waals surface area contributed by atoms with Gasteiger partial charge in [-0.15, -0.1) is 5.10 Å². The minimum absolute atomic E-state index is 0.227. The lowest BCUT2D eigenvalue weighted by atomic mass is 10.3. The number of likely N-dealkylation sites (N-methyl/N-ethyl adjacent to an activating group) is 1. The first kappa shape index (κ1) is 16.3. The van der Waals surface area contributed by atoms with Crippen LogP contribution >= 0.6 is 0 Å². The van der Waals surface area contributed by atoms with Gasteiger partial charge in [-0.2, -0.15) is 0 Å². The standard InChI is InChI=1S/C18H19N5O3/c1-11(19-2)10-25-17-5-4-16-21-9-13(23(16)22-17)15-8-12-14(26-15)6-7-20-18(12)24-3/h4-9,11,19H,10H2,1-3H3/t11-/m1/s1. The Labute approximate surface area is 149 Å². The minimum atomic E-state index is 0.227. The van der Waals surface area contributed by atoms with Crippen LogP contribution in [0.3, 0.4) is 0 Å². The minimum Gasteiger partial charge on any atom is -0.480 e. The van der Waals surface area contributed by atoms with Gasteiger partial charge in [-0.3, -0.25) is 0 Å². The zero-order chi connectivity index (χ0) is 18.1. The van der Waals surface area contributed by atoms with Crippen molar-refractivity contribution in [2.45, 2.75) is 13.0 Å². The Morgan fingerprint density at radius 2 is 2.15 bits per heavy atom. The quantitative estimate of drug-likeness (QED) is 0.570. The van der Waals surface area contributed by atoms with Crippen LogP contribution in [0.25, 0.3) is 28.1 Å². The molecule has 0 aromatic carbocycles. The predicted octanol–water partition coefficient (Wildman–Crippen LogP) is 2.53. The Morgan fingerprint density at radius 3 is 2.96 bits per heavy atom. The monoisotopic (exact) mass is 353 g/mol. The van der Waals surface area contributed by atoms with Crippen molar-refractivity contribution in [2.75, 3.05) is 20.8 Å². The van der Waals surface area contributed by atoms with Crippen molar-refractivity contribution in [3.8, 4) is 23.2 Å². The summed E-state index contributed by atoms with van der Waals surface area (Å²) in [5, 5.41) is 8.45. The van der Waals surface area contributed by atoms with Crippen LogP contribution in [0.1, 0.15) is 6.92 Å². The largest absolute Gasteiger partial charge is 0.480 e. The molecule has 0 bridgehead atoms. The van der Waals surface area contributed by atoms with Gasteiger partial charge in [0.25, 0.3) is 0 Å². The first-order chi connectivity index (χ1) is 12.7. The molecule has 134 valence electrons. The normalized spacial score (nSPS) is 12.6. The summed E-state index contributed by atoms with van der Waals surface area (Å²) >= 11 is 0. The maximum Gasteiger partial charge on any atom is 0.231 e. The van der Waals surface area contributed by atoms with Crippen LogP contribution < -0.4 is 14.8 Å². The van der Waals surface area contributed by atoms with Gasteiger partial charge in [0, 0.05) is 24.4 Å². The third-order valence-corrected chi connectivity index (χ3v) is 4.17. The Balaban J connectivity index is 1.74. The van der Waals surface area contributed by atoms with Crippen molar-refractivity contribution in [3.05, 3.63) is 36.7 Å². The van der Waals surface area contributed by atoms with Gasteiger partial charge in [0.1, 0.15) is 17.9 Å². The number of imidazole rings is 1. The summed E-state index contributed by atoms with van der Waals surface area (Å²) in [6.07, 6.45) is 3.37. The van der Waals surface area contributed by atoms with E-state index in [9.17, 15) is 0 Å². The number of hydrogen-bond donors (Lipinski definition) is 1. The average Bonchev–Trinajstić information content (AvgIpc) is 3.28. The van der Waals surface area contributed by atoms with E-state index in [1.54, 1.807) is 36.2 Å². The molecule has 4 aromatic heterocycles. The molecule has 0 amide bonds. The second-order valence-corrected chi connectivity index (χ2v) is 5.93. The third-order valence-electron chi connectivity index (χ3n) is 4.17. The van der Waals surface area contributed by atoms with Gasteiger partial charge in [-0.05, 0) is 26.1 Å². The molecule has 0 aliphatic rings. The highest BCUT2D eigenvalue weighted by molar-refractivity contribution is 5.86. The van der Waals surface area contributed by atoms with Gasteiger partial charge < -0.3 is 19.2 Å². The summed E-state index contributed by atoms with van der Waals surface area (Å²) in [4.78, 5) is 8.59. The number of furan rings is 1. The lowest BCUT2D eigenvalue weighted by Crippen LogP contribution is -2.28. The first-order valence-electron chi connectivity index (χ1n) is 8.27. The topological polar surface area (TPSA) is 86.7 Å². The summed E-state index contributed by atoms with van der Waals surface area (Å²) in [6.45, 7) is 2.56. The lowest BCUT2D eigenvalue weighted by Gasteiger charge is -2.11. The zero-order valence-electron chi connectivity index (χ0n) is 14.8. The average molecular weight is 353 g/mol. The molecule has 0 fully saturated rings. The Hall–Kier alpha value is -3.13. The maximum absolute atomic E-state index is 5.95. The number of aromatic nitrogens is 4. The summed E-state index contributed by atoms with van der Waals surface area (Å²) in [7, 11) is 3.48. The molecule has 4 rings (SSSR count). The van der Waals surface area contributed by atoms with Gasteiger partial charge in [0.15, 0.2) is 11.4 Å². The van der Waals surface area contributed by atoms with Crippen molar-refractivity contribution in [3.63, 3.8) is 0 Å². The molecular formula is C18H19N5O3. The Bertz CT molecular complexity index is 1060. The van der Waals surface area contributed by atoms with Crippen LogP contribution in [0.2, 0.25) is 0 Å². The SMILES string of the molecule is CN[C@H](C)COc1ccc2ncc(-c3cc4c(OC)nccc4o3)n2n1. The maximum atomic E-state index is 5.95. The number of fused-ring (bicyclic) bond motifs is 2. The Morgan fingerprint density at radius 1 is 1.27 bits per heavy atom. The smallest absolute Gasteiger partial charge is 0.231 e. The molecule has 1 N–H and O–H groups in total. The van der Waals surface area contributed by atoms with Crippen molar-refractivity contribution < 1.29 is 13.9 Å². The van der Waals surface area contributed by atoms with Crippen molar-refractivity contribution in [1.82, 2.24) is 24.9 Å². The van der Waals surface area contributed by atoms with Crippen LogP contribution in [0.5, 0.6) is 11.8 Å². The van der Waals surface area contributed by atoms with Crippen molar-refractivity contribution >= 4 is 16.6 Å². The van der Waals surface area contributed by atoms with Crippen LogP contribution in [0.15, 0.2) is 41.1 Å². The van der Waals surface area contributed by atoms with Crippen molar-refractivity contribution in [1.29, 1.82) is 0 Å². The molecule has 0 unspecified atom stereocenters. The third kappa shape index (κ3) is 2.84. The number of nitrogens with one attached hydrogen (secondary N) is 1. The summed E-state index contributed by atoms with van der Waals surface area (Å²) < 4.78 is 18.7. The first-order valence-corrected chi connectivity index (χ1v) is 8.27. The van der Waals surface area contributed by atoms with E-state index in [1.165, 1.54) is 0 Å². The molecule has 0 aliphatic heterocycles. The number of hydrogen-bond acceptors (Lipinski definition) is 7. The van der Waals surface area contributed by atoms with E-state index in [1.807, 2.05) is 26.1 Å². The highest BCUT2D eigenvalue weighted by atomic mass is 16.5. The fourth-order valence-electron chi connectivity index (χ4n) is 2.62. The number of nitrogens with zero attached hydrogens (tertiary/aromatic N) is 4. The number of ether oxygens (including phenoxy) is 2. The predicted molar refractivity (Wildman–Crippen MR) is 96.6 cm³/mol. The molecule has 1 atom stereocenters. The van der Waals surface area contributed by atoms with Gasteiger partial charge in [-0.25, -0.2) is 14.5 Å². The molecule has 8 heteroatoms. The molecule has 4 aromatic rings. The van der Waals surface area contributed by atoms with Crippen LogP contribution in [-0.4, -0.2) is 46.4 Å². The molecule has 8 nitrogen and oxygen atoms in total. The van der Waals surface area contributed by atoms with Gasteiger partial charge >= 0.3 is 0 Å². The highest BCUT2D eigenvalue weighted by Gasteiger charge is 2.15. The molecule has 0 radical (unpaired) electrons. The second kappa shape index (κ2) is 6.64. The lowest BCUT2D eigenvalue weighted by molar-refractivity contribution is 0.266. The van der Waals surface area contributed by atoms with E-state index >= 15 is 0 Å². The molecule has 26 heavy (non-hydrogen) atoms. The molecule has 0 saturated carbocycles. The zero-order valence-corrected chi connectivity index (χ0v) is 14.8. The Kier molecular flexibility index (Phi) is 4.18. The second-order valence-electron chi connectivity index (χ2n) is 5.93. The number of rotatable bonds is 6. The van der Waals surface area contributed by atoms with E-state index in [0.29, 0.717) is 35.4 Å². The van der Waals surface area contributed by atoms with Crippen LogP contribution in [0, 0.1) is 0 Å². The van der Waals surface area contributed by atoms with E-state index in [-0.39, 0.29) is 6.04 Å². The molecule has 0 saturated heterocycles. The summed E-state index contributed by atoms with van der Waals surface area (Å²) in [5.74, 6) is 1.67. The van der Waals surface area contributed by atoms with E-state index < -0.39 is 0 Å². The van der Waals surface area contributed by atoms with E-state index in [0.717, 1.165) is 11.1 Å².